The largest absolute Gasteiger partial charge is 0.349 e. The fourth-order valence-corrected chi connectivity index (χ4v) is 2.69. The highest BCUT2D eigenvalue weighted by Gasteiger charge is 2.12. The molecule has 122 valence electrons. The Morgan fingerprint density at radius 1 is 1.17 bits per heavy atom. The van der Waals surface area contributed by atoms with E-state index in [4.69, 9.17) is 0 Å². The van der Waals surface area contributed by atoms with Crippen molar-refractivity contribution in [2.24, 2.45) is 0 Å². The molecule has 0 spiro atoms. The van der Waals surface area contributed by atoms with Crippen LogP contribution in [0, 0.1) is 6.92 Å². The van der Waals surface area contributed by atoms with Gasteiger partial charge < -0.3 is 9.88 Å². The van der Waals surface area contributed by atoms with Crippen LogP contribution in [0.15, 0.2) is 67.1 Å². The van der Waals surface area contributed by atoms with Crippen molar-refractivity contribution in [3.63, 3.8) is 0 Å². The quantitative estimate of drug-likeness (QED) is 0.781. The lowest BCUT2D eigenvalue weighted by Gasteiger charge is -2.15. The molecule has 0 fully saturated rings. The third kappa shape index (κ3) is 3.71. The van der Waals surface area contributed by atoms with E-state index in [1.165, 1.54) is 5.56 Å². The van der Waals surface area contributed by atoms with Crippen LogP contribution in [0.5, 0.6) is 0 Å². The zero-order valence-corrected chi connectivity index (χ0v) is 13.9. The molecule has 0 aliphatic heterocycles. The molecule has 4 heteroatoms. The fourth-order valence-electron chi connectivity index (χ4n) is 2.69. The molecular weight excluding hydrogens is 298 g/mol. The molecule has 4 nitrogen and oxygen atoms in total. The van der Waals surface area contributed by atoms with Crippen molar-refractivity contribution in [2.75, 3.05) is 0 Å². The molecule has 1 amide bonds. The monoisotopic (exact) mass is 319 g/mol. The van der Waals surface area contributed by atoms with Crippen LogP contribution in [-0.2, 0) is 11.2 Å². The number of nitrogens with zero attached hydrogens (tertiary/aromatic N) is 2. The predicted octanol–water partition coefficient (Wildman–Crippen LogP) is 3.60. The molecule has 3 rings (SSSR count). The van der Waals surface area contributed by atoms with E-state index in [1.807, 2.05) is 42.0 Å². The SMILES string of the molecule is Cc1ccc(-n2cccc2CC(=O)NC(C)c2cccnc2)cc1. The number of hydrogen-bond donors (Lipinski definition) is 1. The Labute approximate surface area is 142 Å². The molecule has 1 unspecified atom stereocenters. The van der Waals surface area contributed by atoms with Gasteiger partial charge in [0, 0.05) is 30.0 Å². The van der Waals surface area contributed by atoms with E-state index in [9.17, 15) is 4.79 Å². The summed E-state index contributed by atoms with van der Waals surface area (Å²) >= 11 is 0. The first-order chi connectivity index (χ1) is 11.6. The van der Waals surface area contributed by atoms with Crippen LogP contribution in [0.3, 0.4) is 0 Å². The molecule has 0 radical (unpaired) electrons. The van der Waals surface area contributed by atoms with Crippen LogP contribution in [0.2, 0.25) is 0 Å². The second kappa shape index (κ2) is 7.13. The van der Waals surface area contributed by atoms with Crippen molar-refractivity contribution in [1.82, 2.24) is 14.9 Å². The maximum atomic E-state index is 12.4. The summed E-state index contributed by atoms with van der Waals surface area (Å²) in [6.45, 7) is 4.03. The summed E-state index contributed by atoms with van der Waals surface area (Å²) in [7, 11) is 0. The summed E-state index contributed by atoms with van der Waals surface area (Å²) in [6, 6.07) is 16.0. The lowest BCUT2D eigenvalue weighted by molar-refractivity contribution is -0.121. The topological polar surface area (TPSA) is 46.9 Å². The molecule has 1 aromatic carbocycles. The number of aromatic nitrogens is 2. The molecule has 3 aromatic rings. The van der Waals surface area contributed by atoms with E-state index in [0.29, 0.717) is 6.42 Å². The minimum absolute atomic E-state index is 0.00147. The lowest BCUT2D eigenvalue weighted by atomic mass is 10.1. The number of nitrogens with one attached hydrogen (secondary N) is 1. The summed E-state index contributed by atoms with van der Waals surface area (Å²) < 4.78 is 2.05. The number of benzene rings is 1. The minimum atomic E-state index is -0.0611. The van der Waals surface area contributed by atoms with Crippen molar-refractivity contribution in [3.05, 3.63) is 83.9 Å². The molecule has 0 aliphatic carbocycles. The third-order valence-corrected chi connectivity index (χ3v) is 4.05. The molecular formula is C20H21N3O. The minimum Gasteiger partial charge on any atom is -0.349 e. The van der Waals surface area contributed by atoms with Crippen molar-refractivity contribution in [3.8, 4) is 5.69 Å². The van der Waals surface area contributed by atoms with E-state index in [0.717, 1.165) is 16.9 Å². The van der Waals surface area contributed by atoms with Crippen molar-refractivity contribution in [1.29, 1.82) is 0 Å². The first-order valence-corrected chi connectivity index (χ1v) is 8.06. The summed E-state index contributed by atoms with van der Waals surface area (Å²) in [4.78, 5) is 16.5. The molecule has 0 bridgehead atoms. The van der Waals surface area contributed by atoms with Gasteiger partial charge in [0.1, 0.15) is 0 Å². The van der Waals surface area contributed by atoms with Gasteiger partial charge in [0.05, 0.1) is 12.5 Å². The predicted molar refractivity (Wildman–Crippen MR) is 95.0 cm³/mol. The zero-order chi connectivity index (χ0) is 16.9. The fraction of sp³-hybridized carbons (Fsp3) is 0.200. The van der Waals surface area contributed by atoms with Gasteiger partial charge in [-0.2, -0.15) is 0 Å². The van der Waals surface area contributed by atoms with Crippen LogP contribution in [0.4, 0.5) is 0 Å². The highest BCUT2D eigenvalue weighted by atomic mass is 16.1. The van der Waals surface area contributed by atoms with Gasteiger partial charge >= 0.3 is 0 Å². The number of aryl methyl sites for hydroxylation is 1. The van der Waals surface area contributed by atoms with Gasteiger partial charge in [0.25, 0.3) is 0 Å². The van der Waals surface area contributed by atoms with Crippen LogP contribution in [0.25, 0.3) is 5.69 Å². The maximum Gasteiger partial charge on any atom is 0.226 e. The summed E-state index contributed by atoms with van der Waals surface area (Å²) in [6.07, 6.45) is 5.83. The first kappa shape index (κ1) is 16.0. The molecule has 2 aromatic heterocycles. The average Bonchev–Trinajstić information content (AvgIpc) is 3.04. The van der Waals surface area contributed by atoms with E-state index in [-0.39, 0.29) is 11.9 Å². The number of amides is 1. The second-order valence-corrected chi connectivity index (χ2v) is 5.96. The lowest BCUT2D eigenvalue weighted by Crippen LogP contribution is -2.28. The van der Waals surface area contributed by atoms with E-state index in [1.54, 1.807) is 12.4 Å². The van der Waals surface area contributed by atoms with Crippen LogP contribution >= 0.6 is 0 Å². The van der Waals surface area contributed by atoms with E-state index < -0.39 is 0 Å². The van der Waals surface area contributed by atoms with E-state index in [2.05, 4.69) is 41.5 Å². The second-order valence-electron chi connectivity index (χ2n) is 5.96. The van der Waals surface area contributed by atoms with Crippen molar-refractivity contribution >= 4 is 5.91 Å². The zero-order valence-electron chi connectivity index (χ0n) is 13.9. The number of carbonyl (C=O) groups excluding carboxylic acids is 1. The van der Waals surface area contributed by atoms with Gasteiger partial charge in [0.2, 0.25) is 5.91 Å². The molecule has 0 saturated heterocycles. The first-order valence-electron chi connectivity index (χ1n) is 8.06. The Morgan fingerprint density at radius 2 is 1.96 bits per heavy atom. The highest BCUT2D eigenvalue weighted by Crippen LogP contribution is 2.15. The van der Waals surface area contributed by atoms with Gasteiger partial charge in [-0.15, -0.1) is 0 Å². The molecule has 0 saturated carbocycles. The van der Waals surface area contributed by atoms with Gasteiger partial charge in [-0.1, -0.05) is 23.8 Å². The molecule has 1 atom stereocenters. The molecule has 24 heavy (non-hydrogen) atoms. The maximum absolute atomic E-state index is 12.4. The summed E-state index contributed by atoms with van der Waals surface area (Å²) in [5.74, 6) is -0.00147. The van der Waals surface area contributed by atoms with Crippen molar-refractivity contribution < 1.29 is 4.79 Å². The van der Waals surface area contributed by atoms with Gasteiger partial charge in [0.15, 0.2) is 0 Å². The standard InChI is InChI=1S/C20H21N3O/c1-15-7-9-18(10-8-15)23-12-4-6-19(23)13-20(24)22-16(2)17-5-3-11-21-14-17/h3-12,14,16H,13H2,1-2H3,(H,22,24). The van der Waals surface area contributed by atoms with E-state index >= 15 is 0 Å². The smallest absolute Gasteiger partial charge is 0.226 e. The molecule has 1 N–H and O–H groups in total. The number of rotatable bonds is 5. The number of carbonyl (C=O) groups is 1. The van der Waals surface area contributed by atoms with Gasteiger partial charge in [-0.25, -0.2) is 0 Å². The van der Waals surface area contributed by atoms with Crippen LogP contribution in [-0.4, -0.2) is 15.5 Å². The molecule has 0 aliphatic rings. The normalized spacial score (nSPS) is 11.9. The highest BCUT2D eigenvalue weighted by molar-refractivity contribution is 5.78. The van der Waals surface area contributed by atoms with Gasteiger partial charge in [-0.05, 0) is 49.7 Å². The third-order valence-electron chi connectivity index (χ3n) is 4.05. The Bertz CT molecular complexity index is 806. The Hall–Kier alpha value is -2.88. The Morgan fingerprint density at radius 3 is 2.67 bits per heavy atom. The van der Waals surface area contributed by atoms with Crippen LogP contribution in [0.1, 0.15) is 29.8 Å². The molecule has 2 heterocycles. The Balaban J connectivity index is 1.69. The van der Waals surface area contributed by atoms with Crippen LogP contribution < -0.4 is 5.32 Å². The Kier molecular flexibility index (Phi) is 4.75. The summed E-state index contributed by atoms with van der Waals surface area (Å²) in [5.41, 5.74) is 4.25. The number of pyridine rings is 1. The summed E-state index contributed by atoms with van der Waals surface area (Å²) in [5, 5.41) is 3.03. The average molecular weight is 319 g/mol. The number of hydrogen-bond acceptors (Lipinski definition) is 2. The van der Waals surface area contributed by atoms with Gasteiger partial charge in [-0.3, -0.25) is 9.78 Å². The van der Waals surface area contributed by atoms with Crippen molar-refractivity contribution in [2.45, 2.75) is 26.3 Å².